The van der Waals surface area contributed by atoms with E-state index in [0.717, 1.165) is 6.42 Å². The van der Waals surface area contributed by atoms with Crippen molar-refractivity contribution in [1.29, 1.82) is 5.26 Å². The zero-order valence-corrected chi connectivity index (χ0v) is 10.1. The van der Waals surface area contributed by atoms with E-state index in [9.17, 15) is 9.90 Å². The minimum atomic E-state index is -0.390. The summed E-state index contributed by atoms with van der Waals surface area (Å²) in [6, 6.07) is 6.24. The van der Waals surface area contributed by atoms with Gasteiger partial charge in [-0.1, -0.05) is 0 Å². The fourth-order valence-corrected chi connectivity index (χ4v) is 2.12. The second-order valence-corrected chi connectivity index (χ2v) is 4.17. The average molecular weight is 246 g/mol. The van der Waals surface area contributed by atoms with E-state index in [-0.39, 0.29) is 23.3 Å². The number of benzene rings is 1. The van der Waals surface area contributed by atoms with Gasteiger partial charge in [0.2, 0.25) is 0 Å². The van der Waals surface area contributed by atoms with Crippen LogP contribution in [0.4, 0.5) is 0 Å². The van der Waals surface area contributed by atoms with Gasteiger partial charge in [0.1, 0.15) is 17.5 Å². The molecule has 0 bridgehead atoms. The number of nitriles is 1. The summed E-state index contributed by atoms with van der Waals surface area (Å²) in [7, 11) is 1.49. The maximum atomic E-state index is 12.2. The zero-order valence-electron chi connectivity index (χ0n) is 10.1. The number of ether oxygens (including phenoxy) is 1. The largest absolute Gasteiger partial charge is 0.507 e. The van der Waals surface area contributed by atoms with Gasteiger partial charge in [-0.15, -0.1) is 0 Å². The molecule has 1 aromatic rings. The van der Waals surface area contributed by atoms with Crippen molar-refractivity contribution in [2.75, 3.05) is 13.7 Å². The third-order valence-corrected chi connectivity index (χ3v) is 3.10. The van der Waals surface area contributed by atoms with Crippen molar-refractivity contribution in [1.82, 2.24) is 4.90 Å². The SMILES string of the molecule is COc1ccc(C(=O)N2CCCC2C#N)c(O)c1. The van der Waals surface area contributed by atoms with Gasteiger partial charge in [-0.05, 0) is 25.0 Å². The summed E-state index contributed by atoms with van der Waals surface area (Å²) in [5.74, 6) is 0.0597. The lowest BCUT2D eigenvalue weighted by Gasteiger charge is -2.20. The molecule has 0 saturated carbocycles. The Balaban J connectivity index is 2.26. The Morgan fingerprint density at radius 1 is 1.61 bits per heavy atom. The standard InChI is InChI=1S/C13H14N2O3/c1-18-10-4-5-11(12(16)7-10)13(17)15-6-2-3-9(15)8-14/h4-5,7,9,16H,2-3,6H2,1H3. The lowest BCUT2D eigenvalue weighted by molar-refractivity contribution is 0.0762. The molecule has 1 amide bonds. The summed E-state index contributed by atoms with van der Waals surface area (Å²) in [6.07, 6.45) is 1.51. The van der Waals surface area contributed by atoms with Crippen LogP contribution in [-0.4, -0.2) is 35.6 Å². The molecule has 0 radical (unpaired) electrons. The quantitative estimate of drug-likeness (QED) is 0.858. The molecule has 1 unspecified atom stereocenters. The number of aromatic hydroxyl groups is 1. The van der Waals surface area contributed by atoms with E-state index >= 15 is 0 Å². The number of carbonyl (C=O) groups is 1. The number of amides is 1. The van der Waals surface area contributed by atoms with E-state index in [0.29, 0.717) is 18.7 Å². The van der Waals surface area contributed by atoms with Crippen LogP contribution in [0, 0.1) is 11.3 Å². The normalized spacial score (nSPS) is 18.4. The number of hydrogen-bond acceptors (Lipinski definition) is 4. The molecule has 5 heteroatoms. The predicted molar refractivity (Wildman–Crippen MR) is 64.3 cm³/mol. The molecule has 2 rings (SSSR count). The molecule has 0 aromatic heterocycles. The summed E-state index contributed by atoms with van der Waals surface area (Å²) in [4.78, 5) is 13.7. The first-order valence-electron chi connectivity index (χ1n) is 5.75. The molecule has 18 heavy (non-hydrogen) atoms. The predicted octanol–water partition coefficient (Wildman–Crippen LogP) is 1.53. The van der Waals surface area contributed by atoms with E-state index in [2.05, 4.69) is 6.07 Å². The molecular formula is C13H14N2O3. The molecule has 1 atom stereocenters. The van der Waals surface area contributed by atoms with Crippen LogP contribution in [0.5, 0.6) is 11.5 Å². The highest BCUT2D eigenvalue weighted by molar-refractivity contribution is 5.97. The molecule has 1 saturated heterocycles. The Morgan fingerprint density at radius 3 is 3.00 bits per heavy atom. The Kier molecular flexibility index (Phi) is 3.38. The van der Waals surface area contributed by atoms with E-state index in [1.54, 1.807) is 6.07 Å². The van der Waals surface area contributed by atoms with Gasteiger partial charge in [-0.3, -0.25) is 4.79 Å². The van der Waals surface area contributed by atoms with Crippen LogP contribution < -0.4 is 4.74 Å². The molecule has 94 valence electrons. The number of phenolic OH excluding ortho intramolecular Hbond substituents is 1. The first-order chi connectivity index (χ1) is 8.67. The van der Waals surface area contributed by atoms with Gasteiger partial charge >= 0.3 is 0 Å². The van der Waals surface area contributed by atoms with Gasteiger partial charge in [0.15, 0.2) is 0 Å². The lowest BCUT2D eigenvalue weighted by atomic mass is 10.1. The molecule has 1 aliphatic rings. The van der Waals surface area contributed by atoms with Crippen LogP contribution in [0.15, 0.2) is 18.2 Å². The van der Waals surface area contributed by atoms with Crippen LogP contribution in [0.1, 0.15) is 23.2 Å². The number of likely N-dealkylation sites (tertiary alicyclic amines) is 1. The van der Waals surface area contributed by atoms with Crippen LogP contribution >= 0.6 is 0 Å². The van der Waals surface area contributed by atoms with Gasteiger partial charge in [0.05, 0.1) is 18.7 Å². The molecular weight excluding hydrogens is 232 g/mol. The van der Waals surface area contributed by atoms with Gasteiger partial charge in [-0.2, -0.15) is 5.26 Å². The first-order valence-corrected chi connectivity index (χ1v) is 5.75. The second kappa shape index (κ2) is 4.96. The van der Waals surface area contributed by atoms with E-state index < -0.39 is 0 Å². The van der Waals surface area contributed by atoms with Crippen molar-refractivity contribution in [3.05, 3.63) is 23.8 Å². The number of carbonyl (C=O) groups excluding carboxylic acids is 1. The van der Waals surface area contributed by atoms with Crippen LogP contribution in [0.25, 0.3) is 0 Å². The monoisotopic (exact) mass is 246 g/mol. The van der Waals surface area contributed by atoms with Crippen molar-refractivity contribution in [2.24, 2.45) is 0 Å². The molecule has 0 aliphatic carbocycles. The highest BCUT2D eigenvalue weighted by Gasteiger charge is 2.30. The third-order valence-electron chi connectivity index (χ3n) is 3.10. The van der Waals surface area contributed by atoms with E-state index in [1.165, 1.54) is 24.1 Å². The van der Waals surface area contributed by atoms with Crippen LogP contribution in [0.3, 0.4) is 0 Å². The maximum Gasteiger partial charge on any atom is 0.258 e. The molecule has 1 aliphatic heterocycles. The smallest absolute Gasteiger partial charge is 0.258 e. The van der Waals surface area contributed by atoms with Gasteiger partial charge in [0, 0.05) is 12.6 Å². The Morgan fingerprint density at radius 2 is 2.39 bits per heavy atom. The van der Waals surface area contributed by atoms with E-state index in [4.69, 9.17) is 10.00 Å². The number of methoxy groups -OCH3 is 1. The fraction of sp³-hybridized carbons (Fsp3) is 0.385. The second-order valence-electron chi connectivity index (χ2n) is 4.17. The van der Waals surface area contributed by atoms with Crippen molar-refractivity contribution in [2.45, 2.75) is 18.9 Å². The molecule has 1 fully saturated rings. The average Bonchev–Trinajstić information content (AvgIpc) is 2.86. The van der Waals surface area contributed by atoms with Crippen molar-refractivity contribution < 1.29 is 14.6 Å². The van der Waals surface area contributed by atoms with Crippen molar-refractivity contribution in [3.8, 4) is 17.6 Å². The number of hydrogen-bond donors (Lipinski definition) is 1. The molecule has 5 nitrogen and oxygen atoms in total. The first kappa shape index (κ1) is 12.2. The summed E-state index contributed by atoms with van der Waals surface area (Å²) < 4.78 is 4.96. The van der Waals surface area contributed by atoms with Crippen LogP contribution in [0.2, 0.25) is 0 Å². The summed E-state index contributed by atoms with van der Waals surface area (Å²) in [6.45, 7) is 0.558. The highest BCUT2D eigenvalue weighted by atomic mass is 16.5. The summed E-state index contributed by atoms with van der Waals surface area (Å²) in [5.41, 5.74) is 0.206. The summed E-state index contributed by atoms with van der Waals surface area (Å²) in [5, 5.41) is 18.8. The topological polar surface area (TPSA) is 73.6 Å². The third kappa shape index (κ3) is 2.09. The summed E-state index contributed by atoms with van der Waals surface area (Å²) >= 11 is 0. The molecule has 1 heterocycles. The zero-order chi connectivity index (χ0) is 13.1. The minimum Gasteiger partial charge on any atom is -0.507 e. The van der Waals surface area contributed by atoms with Crippen LogP contribution in [-0.2, 0) is 0 Å². The van der Waals surface area contributed by atoms with Crippen molar-refractivity contribution >= 4 is 5.91 Å². The molecule has 1 aromatic carbocycles. The van der Waals surface area contributed by atoms with Gasteiger partial charge in [-0.25, -0.2) is 0 Å². The minimum absolute atomic E-state index is 0.122. The highest BCUT2D eigenvalue weighted by Crippen LogP contribution is 2.27. The Hall–Kier alpha value is -2.22. The molecule has 0 spiro atoms. The van der Waals surface area contributed by atoms with Gasteiger partial charge < -0.3 is 14.7 Å². The maximum absolute atomic E-state index is 12.2. The Labute approximate surface area is 105 Å². The molecule has 1 N–H and O–H groups in total. The number of phenols is 1. The lowest BCUT2D eigenvalue weighted by Crippen LogP contribution is -2.34. The van der Waals surface area contributed by atoms with Gasteiger partial charge in [0.25, 0.3) is 5.91 Å². The number of nitrogens with zero attached hydrogens (tertiary/aromatic N) is 2. The number of rotatable bonds is 2. The van der Waals surface area contributed by atoms with E-state index in [1.807, 2.05) is 0 Å². The fourth-order valence-electron chi connectivity index (χ4n) is 2.12. The Bertz CT molecular complexity index is 507. The van der Waals surface area contributed by atoms with Crippen molar-refractivity contribution in [3.63, 3.8) is 0 Å².